The Kier molecular flexibility index (Phi) is 14.2. The second-order valence-electron chi connectivity index (χ2n) is 8.91. The van der Waals surface area contributed by atoms with E-state index >= 15 is 0 Å². The lowest BCUT2D eigenvalue weighted by atomic mass is 9.99. The molecular weight excluding hydrogens is 510 g/mol. The molecule has 16 nitrogen and oxygen atoms in total. The molecule has 0 aromatic heterocycles. The van der Waals surface area contributed by atoms with Gasteiger partial charge < -0.3 is 83.3 Å². The van der Waals surface area contributed by atoms with Crippen LogP contribution in [0.2, 0.25) is 0 Å². The standard InChI is InChI=1S/C22H43N5O11/c1-9(25)17(31)19(33)15(7-24)37-20(34)12(26)4-11-5-13(29)16(27-2)22(36-11)38-21(35)18(32)14(30)3-10(6-23)8-28/h4,9-11,13,15-16,20-22,27-35H,3,5-8,23-26H2,1-2H3/b12-4+,18-14-,19-17+/t9-,10?,11+,13?,15-,16?,20-,21-,22?/m1/s1. The SMILES string of the molecule is CNC1C(O)C[C@H](/C=C(/N)[C@H](O)O[C@H](CN)/C(O)=C(\O)[C@@H](C)N)OC1O[C@@H](O)/C(O)=C(/O)CC(CN)CO. The van der Waals surface area contributed by atoms with Crippen LogP contribution in [0.15, 0.2) is 34.8 Å². The monoisotopic (exact) mass is 553 g/mol. The summed E-state index contributed by atoms with van der Waals surface area (Å²) in [6.07, 6.45) is -7.75. The van der Waals surface area contributed by atoms with Crippen LogP contribution in [0.4, 0.5) is 0 Å². The molecule has 16 heteroatoms. The van der Waals surface area contributed by atoms with Crippen molar-refractivity contribution in [3.05, 3.63) is 34.8 Å². The number of nitrogens with two attached hydrogens (primary N) is 4. The van der Waals surface area contributed by atoms with Crippen molar-refractivity contribution < 1.29 is 55.1 Å². The number of likely N-dealkylation sites (N-methyl/N-ethyl adjacent to an activating group) is 1. The first kappa shape index (κ1) is 33.8. The molecule has 0 aromatic carbocycles. The van der Waals surface area contributed by atoms with E-state index in [0.717, 1.165) is 0 Å². The van der Waals surface area contributed by atoms with Crippen LogP contribution in [-0.2, 0) is 14.2 Å². The summed E-state index contributed by atoms with van der Waals surface area (Å²) >= 11 is 0. The van der Waals surface area contributed by atoms with Crippen molar-refractivity contribution in [1.29, 1.82) is 0 Å². The molecule has 0 bridgehead atoms. The van der Waals surface area contributed by atoms with Crippen LogP contribution in [-0.4, -0.2) is 117 Å². The van der Waals surface area contributed by atoms with Crippen LogP contribution < -0.4 is 28.3 Å². The van der Waals surface area contributed by atoms with E-state index in [4.69, 9.17) is 37.1 Å². The number of hydrogen-bond donors (Lipinski definition) is 13. The van der Waals surface area contributed by atoms with E-state index in [-0.39, 0.29) is 38.2 Å². The fourth-order valence-corrected chi connectivity index (χ4v) is 3.53. The molecule has 222 valence electrons. The summed E-state index contributed by atoms with van der Waals surface area (Å²) < 4.78 is 16.3. The molecule has 17 N–H and O–H groups in total. The van der Waals surface area contributed by atoms with Crippen molar-refractivity contribution in [3.63, 3.8) is 0 Å². The summed E-state index contributed by atoms with van der Waals surface area (Å²) in [5, 5.41) is 83.2. The zero-order valence-corrected chi connectivity index (χ0v) is 21.4. The molecule has 1 aliphatic rings. The van der Waals surface area contributed by atoms with Gasteiger partial charge in [-0.2, -0.15) is 0 Å². The average molecular weight is 554 g/mol. The summed E-state index contributed by atoms with van der Waals surface area (Å²) in [6.45, 7) is 0.735. The average Bonchev–Trinajstić information content (AvgIpc) is 2.88. The van der Waals surface area contributed by atoms with Gasteiger partial charge >= 0.3 is 0 Å². The Hall–Kier alpha value is -2.22. The Morgan fingerprint density at radius 2 is 1.71 bits per heavy atom. The highest BCUT2D eigenvalue weighted by molar-refractivity contribution is 5.12. The highest BCUT2D eigenvalue weighted by atomic mass is 16.7. The predicted octanol–water partition coefficient (Wildman–Crippen LogP) is -3.15. The third kappa shape index (κ3) is 9.51. The summed E-state index contributed by atoms with van der Waals surface area (Å²) in [6, 6.07) is -1.80. The second-order valence-corrected chi connectivity index (χ2v) is 8.91. The fraction of sp³-hybridized carbons (Fsp3) is 0.727. The molecule has 38 heavy (non-hydrogen) atoms. The van der Waals surface area contributed by atoms with Gasteiger partial charge in [-0.25, -0.2) is 0 Å². The van der Waals surface area contributed by atoms with Crippen molar-refractivity contribution in [1.82, 2.24) is 5.32 Å². The zero-order chi connectivity index (χ0) is 29.2. The molecule has 1 fully saturated rings. The maximum atomic E-state index is 10.5. The molecule has 0 amide bonds. The van der Waals surface area contributed by atoms with E-state index in [1.165, 1.54) is 20.0 Å². The Bertz CT molecular complexity index is 822. The molecule has 1 saturated heterocycles. The first-order valence-corrected chi connectivity index (χ1v) is 12.0. The van der Waals surface area contributed by atoms with E-state index < -0.39 is 78.2 Å². The van der Waals surface area contributed by atoms with Gasteiger partial charge in [0.1, 0.15) is 17.6 Å². The second kappa shape index (κ2) is 16.0. The molecule has 1 heterocycles. The van der Waals surface area contributed by atoms with Crippen LogP contribution in [0.1, 0.15) is 19.8 Å². The summed E-state index contributed by atoms with van der Waals surface area (Å²) in [5.41, 5.74) is 22.1. The van der Waals surface area contributed by atoms with Gasteiger partial charge in [0.15, 0.2) is 24.1 Å². The number of aliphatic hydroxyl groups is 8. The van der Waals surface area contributed by atoms with Crippen molar-refractivity contribution >= 4 is 0 Å². The van der Waals surface area contributed by atoms with Crippen LogP contribution in [0.5, 0.6) is 0 Å². The van der Waals surface area contributed by atoms with E-state index in [0.29, 0.717) is 0 Å². The van der Waals surface area contributed by atoms with E-state index in [1.807, 2.05) is 0 Å². The first-order valence-electron chi connectivity index (χ1n) is 12.0. The highest BCUT2D eigenvalue weighted by Crippen LogP contribution is 2.26. The predicted molar refractivity (Wildman–Crippen MR) is 134 cm³/mol. The molecule has 4 unspecified atom stereocenters. The number of ether oxygens (including phenoxy) is 3. The number of hydrogen-bond acceptors (Lipinski definition) is 16. The van der Waals surface area contributed by atoms with Gasteiger partial charge in [-0.3, -0.25) is 0 Å². The van der Waals surface area contributed by atoms with Gasteiger partial charge in [0.25, 0.3) is 0 Å². The van der Waals surface area contributed by atoms with Gasteiger partial charge in [0.2, 0.25) is 6.29 Å². The summed E-state index contributed by atoms with van der Waals surface area (Å²) in [7, 11) is 1.49. The summed E-state index contributed by atoms with van der Waals surface area (Å²) in [4.78, 5) is 0. The van der Waals surface area contributed by atoms with Gasteiger partial charge in [-0.05, 0) is 26.6 Å². The maximum absolute atomic E-state index is 10.5. The normalized spacial score (nSPS) is 28.1. The quantitative estimate of drug-likeness (QED) is 0.0703. The third-order valence-corrected chi connectivity index (χ3v) is 5.86. The van der Waals surface area contributed by atoms with Crippen LogP contribution in [0.3, 0.4) is 0 Å². The van der Waals surface area contributed by atoms with Gasteiger partial charge in [-0.15, -0.1) is 0 Å². The lowest BCUT2D eigenvalue weighted by Crippen LogP contribution is -2.56. The van der Waals surface area contributed by atoms with Crippen molar-refractivity contribution in [3.8, 4) is 0 Å². The van der Waals surface area contributed by atoms with Gasteiger partial charge in [0.05, 0.1) is 30.0 Å². The molecule has 0 aromatic rings. The summed E-state index contributed by atoms with van der Waals surface area (Å²) in [5.74, 6) is -3.40. The Morgan fingerprint density at radius 1 is 1.08 bits per heavy atom. The number of aliphatic hydroxyl groups excluding tert-OH is 8. The zero-order valence-electron chi connectivity index (χ0n) is 21.4. The molecule has 9 atom stereocenters. The topological polar surface area (TPSA) is 306 Å². The molecule has 1 rings (SSSR count). The third-order valence-electron chi connectivity index (χ3n) is 5.86. The Labute approximate surface area is 220 Å². The first-order chi connectivity index (χ1) is 17.8. The molecule has 1 aliphatic heterocycles. The number of rotatable bonds is 15. The Balaban J connectivity index is 3.01. The minimum atomic E-state index is -2.06. The lowest BCUT2D eigenvalue weighted by Gasteiger charge is -2.39. The molecule has 0 aliphatic carbocycles. The van der Waals surface area contributed by atoms with Crippen LogP contribution in [0, 0.1) is 5.92 Å². The van der Waals surface area contributed by atoms with Crippen LogP contribution in [0.25, 0.3) is 0 Å². The lowest BCUT2D eigenvalue weighted by molar-refractivity contribution is -0.271. The van der Waals surface area contributed by atoms with Crippen molar-refractivity contribution in [2.24, 2.45) is 28.9 Å². The van der Waals surface area contributed by atoms with Gasteiger partial charge in [0, 0.05) is 31.9 Å². The van der Waals surface area contributed by atoms with E-state index in [9.17, 15) is 40.9 Å². The molecule has 0 saturated carbocycles. The minimum Gasteiger partial charge on any atom is -0.509 e. The number of nitrogens with one attached hydrogen (secondary N) is 1. The molecule has 0 radical (unpaired) electrons. The highest BCUT2D eigenvalue weighted by Gasteiger charge is 2.39. The smallest absolute Gasteiger partial charge is 0.219 e. The minimum absolute atomic E-state index is 0.0186. The van der Waals surface area contributed by atoms with Crippen molar-refractivity contribution in [2.75, 3.05) is 26.7 Å². The molecule has 0 spiro atoms. The molecular formula is C22H43N5O11. The van der Waals surface area contributed by atoms with E-state index in [2.05, 4.69) is 5.32 Å². The van der Waals surface area contributed by atoms with Crippen LogP contribution >= 0.6 is 0 Å². The maximum Gasteiger partial charge on any atom is 0.219 e. The van der Waals surface area contributed by atoms with Gasteiger partial charge in [-0.1, -0.05) is 0 Å². The number of allylic oxidation sites excluding steroid dienone is 1. The Morgan fingerprint density at radius 3 is 2.21 bits per heavy atom. The van der Waals surface area contributed by atoms with Crippen molar-refractivity contribution in [2.45, 2.75) is 69.0 Å². The van der Waals surface area contributed by atoms with E-state index in [1.54, 1.807) is 0 Å². The fourth-order valence-electron chi connectivity index (χ4n) is 3.53. The largest absolute Gasteiger partial charge is 0.509 e.